The molecule has 0 N–H and O–H groups in total. The summed E-state index contributed by atoms with van der Waals surface area (Å²) in [5, 5.41) is 4.83. The van der Waals surface area contributed by atoms with Crippen molar-refractivity contribution in [2.24, 2.45) is 0 Å². The fourth-order valence-electron chi connectivity index (χ4n) is 4.76. The molecule has 0 unspecified atom stereocenters. The first kappa shape index (κ1) is 23.4. The molecule has 1 aliphatic heterocycles. The molecule has 1 aliphatic carbocycles. The number of aromatic nitrogens is 6. The first-order chi connectivity index (χ1) is 17.4. The molecule has 2 atom stereocenters. The van der Waals surface area contributed by atoms with E-state index in [0.717, 1.165) is 29.8 Å². The van der Waals surface area contributed by atoms with E-state index in [-0.39, 0.29) is 11.7 Å². The van der Waals surface area contributed by atoms with Crippen molar-refractivity contribution >= 4 is 22.8 Å². The maximum absolute atomic E-state index is 15.1. The minimum absolute atomic E-state index is 0.230. The van der Waals surface area contributed by atoms with Gasteiger partial charge in [0.15, 0.2) is 11.5 Å². The summed E-state index contributed by atoms with van der Waals surface area (Å²) in [4.78, 5) is 19.0. The first-order valence-electron chi connectivity index (χ1n) is 12.1. The lowest BCUT2D eigenvalue weighted by Crippen LogP contribution is -2.39. The smallest absolute Gasteiger partial charge is 0.182 e. The van der Waals surface area contributed by atoms with E-state index in [9.17, 15) is 0 Å². The highest BCUT2D eigenvalue weighted by atomic mass is 35.5. The Kier molecular flexibility index (Phi) is 5.74. The molecule has 36 heavy (non-hydrogen) atoms. The van der Waals surface area contributed by atoms with E-state index in [2.05, 4.69) is 21.3 Å². The van der Waals surface area contributed by atoms with Gasteiger partial charge in [-0.25, -0.2) is 24.3 Å². The average molecular weight is 509 g/mol. The summed E-state index contributed by atoms with van der Waals surface area (Å²) in [6, 6.07) is 5.00. The minimum atomic E-state index is -0.850. The van der Waals surface area contributed by atoms with Gasteiger partial charge in [0.2, 0.25) is 0 Å². The van der Waals surface area contributed by atoms with Gasteiger partial charge in [0.05, 0.1) is 36.3 Å². The normalized spacial score (nSPS) is 22.3. The summed E-state index contributed by atoms with van der Waals surface area (Å²) in [6.07, 6.45) is 7.04. The van der Waals surface area contributed by atoms with Crippen LogP contribution in [0.2, 0.25) is 5.02 Å². The molecular weight excluding hydrogens is 483 g/mol. The predicted octanol–water partition coefficient (Wildman–Crippen LogP) is 5.42. The SMILES string of the molecule is CO[C@]1(c2nc(-c3ccc(Cl)cc3F)c3nc(C)c(C)nc3n2)CCO[C@H](c2cnn(C3CC3)c2)C1. The molecule has 1 saturated carbocycles. The van der Waals surface area contributed by atoms with Crippen LogP contribution in [0.5, 0.6) is 0 Å². The Morgan fingerprint density at radius 3 is 2.69 bits per heavy atom. The first-order valence-corrected chi connectivity index (χ1v) is 12.4. The van der Waals surface area contributed by atoms with Crippen molar-refractivity contribution < 1.29 is 13.9 Å². The topological polar surface area (TPSA) is 87.8 Å². The minimum Gasteiger partial charge on any atom is -0.373 e. The Morgan fingerprint density at radius 2 is 1.94 bits per heavy atom. The van der Waals surface area contributed by atoms with Crippen LogP contribution in [0.15, 0.2) is 30.6 Å². The molecule has 2 aliphatic rings. The number of fused-ring (bicyclic) bond motifs is 1. The molecule has 1 saturated heterocycles. The van der Waals surface area contributed by atoms with Crippen molar-refractivity contribution in [2.45, 2.75) is 57.3 Å². The van der Waals surface area contributed by atoms with Crippen molar-refractivity contribution in [3.63, 3.8) is 0 Å². The van der Waals surface area contributed by atoms with Gasteiger partial charge in [0.1, 0.15) is 22.6 Å². The predicted molar refractivity (Wildman–Crippen MR) is 132 cm³/mol. The van der Waals surface area contributed by atoms with Crippen LogP contribution in [0.3, 0.4) is 0 Å². The summed E-state index contributed by atoms with van der Waals surface area (Å²) in [7, 11) is 1.65. The van der Waals surface area contributed by atoms with Crippen LogP contribution in [-0.2, 0) is 15.1 Å². The van der Waals surface area contributed by atoms with E-state index < -0.39 is 11.4 Å². The molecule has 4 heterocycles. The molecule has 186 valence electrons. The number of hydrogen-bond acceptors (Lipinski definition) is 7. The molecule has 6 rings (SSSR count). The van der Waals surface area contributed by atoms with Gasteiger partial charge in [0.25, 0.3) is 0 Å². The standard InChI is InChI=1S/C26H26ClFN6O2/c1-14-15(2)31-24-23(30-14)22(19-7-4-17(27)10-20(19)28)32-25(33-24)26(35-3)8-9-36-21(11-26)16-12-29-34(13-16)18-5-6-18/h4,7,10,12-13,18,21H,5-6,8-9,11H2,1-3H3/t21-,26+/m0/s1. The lowest BCUT2D eigenvalue weighted by Gasteiger charge is -2.38. The number of methoxy groups -OCH3 is 1. The number of benzene rings is 1. The zero-order valence-corrected chi connectivity index (χ0v) is 21.1. The maximum Gasteiger partial charge on any atom is 0.182 e. The Hall–Kier alpha value is -3.01. The molecule has 1 aromatic carbocycles. The monoisotopic (exact) mass is 508 g/mol. The number of nitrogens with zero attached hydrogens (tertiary/aromatic N) is 6. The van der Waals surface area contributed by atoms with E-state index in [1.54, 1.807) is 19.2 Å². The van der Waals surface area contributed by atoms with E-state index in [4.69, 9.17) is 31.0 Å². The quantitative estimate of drug-likeness (QED) is 0.355. The van der Waals surface area contributed by atoms with Crippen molar-refractivity contribution in [3.8, 4) is 11.3 Å². The van der Waals surface area contributed by atoms with Gasteiger partial charge < -0.3 is 9.47 Å². The van der Waals surface area contributed by atoms with Crippen molar-refractivity contribution in [1.29, 1.82) is 0 Å². The highest BCUT2D eigenvalue weighted by Crippen LogP contribution is 2.44. The van der Waals surface area contributed by atoms with Crippen LogP contribution in [0.25, 0.3) is 22.4 Å². The summed E-state index contributed by atoms with van der Waals surface area (Å²) < 4.78 is 29.4. The maximum atomic E-state index is 15.1. The van der Waals surface area contributed by atoms with Gasteiger partial charge in [-0.05, 0) is 44.9 Å². The second-order valence-electron chi connectivity index (χ2n) is 9.58. The number of aryl methyl sites for hydroxylation is 2. The Bertz CT molecular complexity index is 1470. The highest BCUT2D eigenvalue weighted by Gasteiger charge is 2.43. The van der Waals surface area contributed by atoms with Gasteiger partial charge in [0, 0.05) is 42.3 Å². The van der Waals surface area contributed by atoms with Crippen molar-refractivity contribution in [1.82, 2.24) is 29.7 Å². The molecule has 3 aromatic heterocycles. The molecule has 0 spiro atoms. The third-order valence-corrected chi connectivity index (χ3v) is 7.42. The fraction of sp³-hybridized carbons (Fsp3) is 0.423. The molecule has 0 bridgehead atoms. The second-order valence-corrected chi connectivity index (χ2v) is 10.0. The molecule has 4 aromatic rings. The van der Waals surface area contributed by atoms with Crippen LogP contribution in [0.4, 0.5) is 4.39 Å². The van der Waals surface area contributed by atoms with Crippen LogP contribution >= 0.6 is 11.6 Å². The van der Waals surface area contributed by atoms with Crippen LogP contribution in [0, 0.1) is 19.7 Å². The third-order valence-electron chi connectivity index (χ3n) is 7.18. The van der Waals surface area contributed by atoms with Gasteiger partial charge in [-0.2, -0.15) is 5.10 Å². The summed E-state index contributed by atoms with van der Waals surface area (Å²) in [6.45, 7) is 4.19. The van der Waals surface area contributed by atoms with Gasteiger partial charge >= 0.3 is 0 Å². The number of rotatable bonds is 5. The van der Waals surface area contributed by atoms with E-state index in [0.29, 0.717) is 53.2 Å². The molecule has 2 fully saturated rings. The molecule has 10 heteroatoms. The van der Waals surface area contributed by atoms with E-state index in [1.165, 1.54) is 6.07 Å². The van der Waals surface area contributed by atoms with Gasteiger partial charge in [-0.15, -0.1) is 0 Å². The molecule has 0 amide bonds. The Balaban J connectivity index is 1.48. The lowest BCUT2D eigenvalue weighted by atomic mass is 9.87. The summed E-state index contributed by atoms with van der Waals surface area (Å²) >= 11 is 6.02. The number of ether oxygens (including phenoxy) is 2. The van der Waals surface area contributed by atoms with Gasteiger partial charge in [-0.1, -0.05) is 11.6 Å². The zero-order chi connectivity index (χ0) is 25.0. The second kappa shape index (κ2) is 8.83. The molecule has 8 nitrogen and oxygen atoms in total. The van der Waals surface area contributed by atoms with Crippen LogP contribution < -0.4 is 0 Å². The summed E-state index contributed by atoms with van der Waals surface area (Å²) in [5.41, 5.74) is 3.10. The van der Waals surface area contributed by atoms with E-state index >= 15 is 4.39 Å². The highest BCUT2D eigenvalue weighted by molar-refractivity contribution is 6.30. The lowest BCUT2D eigenvalue weighted by molar-refractivity contribution is -0.133. The van der Waals surface area contributed by atoms with Crippen LogP contribution in [-0.4, -0.2) is 43.4 Å². The van der Waals surface area contributed by atoms with Crippen molar-refractivity contribution in [3.05, 3.63) is 64.2 Å². The Labute approximate surface area is 212 Å². The molecular formula is C26H26ClFN6O2. The fourth-order valence-corrected chi connectivity index (χ4v) is 4.92. The zero-order valence-electron chi connectivity index (χ0n) is 20.3. The Morgan fingerprint density at radius 1 is 1.14 bits per heavy atom. The number of hydrogen-bond donors (Lipinski definition) is 0. The summed E-state index contributed by atoms with van der Waals surface area (Å²) in [5.74, 6) is -0.0559. The average Bonchev–Trinajstić information content (AvgIpc) is 3.60. The molecule has 0 radical (unpaired) electrons. The third kappa shape index (κ3) is 4.05. The van der Waals surface area contributed by atoms with Crippen molar-refractivity contribution in [2.75, 3.05) is 13.7 Å². The largest absolute Gasteiger partial charge is 0.373 e. The van der Waals surface area contributed by atoms with Crippen LogP contribution in [0.1, 0.15) is 60.6 Å². The van der Waals surface area contributed by atoms with E-state index in [1.807, 2.05) is 24.7 Å². The van der Waals surface area contributed by atoms with Gasteiger partial charge in [-0.3, -0.25) is 4.68 Å². The number of halogens is 2.